The Hall–Kier alpha value is -1.10. The van der Waals surface area contributed by atoms with Gasteiger partial charge in [0.2, 0.25) is 0 Å². The van der Waals surface area contributed by atoms with Crippen LogP contribution >= 0.6 is 35.4 Å². The van der Waals surface area contributed by atoms with Gasteiger partial charge in [0.25, 0.3) is 0 Å². The molecular weight excluding hydrogens is 277 g/mol. The first kappa shape index (κ1) is 12.4. The average molecular weight is 286 g/mol. The van der Waals surface area contributed by atoms with Gasteiger partial charge in [0.1, 0.15) is 0 Å². The highest BCUT2D eigenvalue weighted by Gasteiger charge is 2.04. The lowest BCUT2D eigenvalue weighted by Crippen LogP contribution is -2.15. The Bertz CT molecular complexity index is 526. The molecule has 1 heterocycles. The van der Waals surface area contributed by atoms with Crippen LogP contribution in [0.2, 0.25) is 10.0 Å². The number of nitrogens with zero attached hydrogens (tertiary/aromatic N) is 2. The monoisotopic (exact) mass is 285 g/mol. The summed E-state index contributed by atoms with van der Waals surface area (Å²) in [6.45, 7) is 0.564. The molecule has 0 unspecified atom stereocenters. The molecule has 0 aliphatic heterocycles. The number of aromatic nitrogens is 2. The Kier molecular flexibility index (Phi) is 3.99. The van der Waals surface area contributed by atoms with E-state index in [0.29, 0.717) is 21.6 Å². The maximum Gasteiger partial charge on any atom is 0.0998 e. The smallest absolute Gasteiger partial charge is 0.0998 e. The van der Waals surface area contributed by atoms with E-state index in [-0.39, 0.29) is 0 Å². The zero-order chi connectivity index (χ0) is 12.3. The van der Waals surface area contributed by atoms with Gasteiger partial charge in [-0.2, -0.15) is 0 Å². The summed E-state index contributed by atoms with van der Waals surface area (Å²) in [6, 6.07) is 5.23. The number of benzene rings is 1. The van der Waals surface area contributed by atoms with Crippen LogP contribution in [0.25, 0.3) is 0 Å². The van der Waals surface area contributed by atoms with Gasteiger partial charge in [0.15, 0.2) is 0 Å². The number of anilines is 1. The van der Waals surface area contributed by atoms with Crippen LogP contribution in [-0.4, -0.2) is 14.5 Å². The number of hydrogen-bond acceptors (Lipinski definition) is 2. The lowest BCUT2D eigenvalue weighted by Gasteiger charge is -2.10. The van der Waals surface area contributed by atoms with Gasteiger partial charge in [-0.25, -0.2) is 4.98 Å². The molecule has 6 heteroatoms. The van der Waals surface area contributed by atoms with Crippen molar-refractivity contribution in [3.8, 4) is 0 Å². The summed E-state index contributed by atoms with van der Waals surface area (Å²) in [5, 5.41) is 4.21. The minimum absolute atomic E-state index is 0.547. The van der Waals surface area contributed by atoms with Crippen LogP contribution in [0.4, 0.5) is 5.69 Å². The maximum atomic E-state index is 6.03. The molecule has 3 nitrogen and oxygen atoms in total. The van der Waals surface area contributed by atoms with Crippen molar-refractivity contribution in [2.75, 3.05) is 5.32 Å². The first-order valence-corrected chi connectivity index (χ1v) is 6.02. The lowest BCUT2D eigenvalue weighted by molar-refractivity contribution is 0.857. The molecule has 0 bridgehead atoms. The van der Waals surface area contributed by atoms with Gasteiger partial charge < -0.3 is 9.88 Å². The molecule has 0 saturated heterocycles. The molecule has 17 heavy (non-hydrogen) atoms. The minimum atomic E-state index is 0.547. The Labute approximate surface area is 114 Å². The largest absolute Gasteiger partial charge is 0.347 e. The highest BCUT2D eigenvalue weighted by atomic mass is 35.5. The summed E-state index contributed by atoms with van der Waals surface area (Å²) in [6.07, 6.45) is 5.26. The molecule has 0 aliphatic carbocycles. The van der Waals surface area contributed by atoms with Gasteiger partial charge in [-0.1, -0.05) is 35.4 Å². The van der Waals surface area contributed by atoms with E-state index in [4.69, 9.17) is 35.4 Å². The second-order valence-corrected chi connectivity index (χ2v) is 4.74. The molecule has 0 radical (unpaired) electrons. The lowest BCUT2D eigenvalue weighted by atomic mass is 10.3. The normalized spacial score (nSPS) is 10.2. The molecule has 0 saturated carbocycles. The molecule has 0 atom stereocenters. The third kappa shape index (κ3) is 3.43. The van der Waals surface area contributed by atoms with E-state index < -0.39 is 0 Å². The number of hydrogen-bond donors (Lipinski definition) is 1. The van der Waals surface area contributed by atoms with E-state index in [0.717, 1.165) is 5.69 Å². The quantitative estimate of drug-likeness (QED) is 0.874. The fourth-order valence-corrected chi connectivity index (χ4v) is 2.04. The summed E-state index contributed by atoms with van der Waals surface area (Å²) in [7, 11) is 0. The maximum absolute atomic E-state index is 6.03. The second-order valence-electron chi connectivity index (χ2n) is 3.41. The minimum Gasteiger partial charge on any atom is -0.347 e. The summed E-state index contributed by atoms with van der Waals surface area (Å²) in [4.78, 5) is 4.60. The van der Waals surface area contributed by atoms with Crippen LogP contribution < -0.4 is 5.32 Å². The molecule has 1 N–H and O–H groups in total. The van der Waals surface area contributed by atoms with Crippen LogP contribution in [-0.2, 0) is 6.54 Å². The van der Waals surface area contributed by atoms with E-state index in [2.05, 4.69) is 10.3 Å². The highest BCUT2D eigenvalue weighted by molar-refractivity contribution is 7.80. The fraction of sp³-hybridized carbons (Fsp3) is 0.0909. The summed E-state index contributed by atoms with van der Waals surface area (Å²) in [5.41, 5.74) is 0.751. The average Bonchev–Trinajstić information content (AvgIpc) is 2.75. The van der Waals surface area contributed by atoms with Crippen molar-refractivity contribution >= 4 is 46.1 Å². The Morgan fingerprint density at radius 1 is 1.41 bits per heavy atom. The predicted molar refractivity (Wildman–Crippen MR) is 74.9 cm³/mol. The van der Waals surface area contributed by atoms with Crippen LogP contribution in [0, 0.1) is 0 Å². The standard InChI is InChI=1S/C11H9Cl2N3S/c12-8-1-2-10(9(13)5-8)15-11(17)6-16-4-3-14-7-16/h1-5,7H,6H2,(H,15,17). The van der Waals surface area contributed by atoms with E-state index in [1.807, 2.05) is 10.8 Å². The van der Waals surface area contributed by atoms with Crippen molar-refractivity contribution in [1.29, 1.82) is 0 Å². The van der Waals surface area contributed by atoms with E-state index in [9.17, 15) is 0 Å². The van der Waals surface area contributed by atoms with Crippen molar-refractivity contribution in [3.63, 3.8) is 0 Å². The SMILES string of the molecule is S=C(Cn1ccnc1)Nc1ccc(Cl)cc1Cl. The zero-order valence-corrected chi connectivity index (χ0v) is 11.1. The van der Waals surface area contributed by atoms with Crippen molar-refractivity contribution in [1.82, 2.24) is 9.55 Å². The fourth-order valence-electron chi connectivity index (χ4n) is 1.33. The number of halogens is 2. The number of thiocarbonyl (C=S) groups is 1. The van der Waals surface area contributed by atoms with E-state index in [1.165, 1.54) is 0 Å². The van der Waals surface area contributed by atoms with Gasteiger partial charge in [-0.3, -0.25) is 0 Å². The molecule has 0 fully saturated rings. The Morgan fingerprint density at radius 2 is 2.24 bits per heavy atom. The van der Waals surface area contributed by atoms with Crippen molar-refractivity contribution in [2.24, 2.45) is 0 Å². The van der Waals surface area contributed by atoms with Gasteiger partial charge in [-0.05, 0) is 18.2 Å². The molecule has 1 aromatic carbocycles. The molecule has 0 amide bonds. The number of imidazole rings is 1. The highest BCUT2D eigenvalue weighted by Crippen LogP contribution is 2.25. The topological polar surface area (TPSA) is 29.9 Å². The van der Waals surface area contributed by atoms with Crippen LogP contribution in [0.3, 0.4) is 0 Å². The molecule has 2 aromatic rings. The van der Waals surface area contributed by atoms with Crippen molar-refractivity contribution in [2.45, 2.75) is 6.54 Å². The molecule has 1 aromatic heterocycles. The van der Waals surface area contributed by atoms with Crippen molar-refractivity contribution < 1.29 is 0 Å². The van der Waals surface area contributed by atoms with Gasteiger partial charge in [0, 0.05) is 17.4 Å². The summed E-state index contributed by atoms with van der Waals surface area (Å²) < 4.78 is 1.87. The third-order valence-electron chi connectivity index (χ3n) is 2.09. The number of nitrogens with one attached hydrogen (secondary N) is 1. The van der Waals surface area contributed by atoms with Crippen LogP contribution in [0.15, 0.2) is 36.9 Å². The molecule has 0 spiro atoms. The second kappa shape index (κ2) is 5.49. The Morgan fingerprint density at radius 3 is 2.88 bits per heavy atom. The summed E-state index contributed by atoms with van der Waals surface area (Å²) in [5.74, 6) is 0. The first-order chi connectivity index (χ1) is 8.15. The van der Waals surface area contributed by atoms with Crippen LogP contribution in [0.1, 0.15) is 0 Å². The summed E-state index contributed by atoms with van der Waals surface area (Å²) >= 11 is 17.1. The predicted octanol–water partition coefficient (Wildman–Crippen LogP) is 3.63. The molecule has 88 valence electrons. The molecular formula is C11H9Cl2N3S. The number of rotatable bonds is 3. The molecule has 2 rings (SSSR count). The van der Waals surface area contributed by atoms with E-state index >= 15 is 0 Å². The first-order valence-electron chi connectivity index (χ1n) is 4.86. The van der Waals surface area contributed by atoms with Gasteiger partial charge in [-0.15, -0.1) is 0 Å². The molecule has 0 aliphatic rings. The van der Waals surface area contributed by atoms with Gasteiger partial charge >= 0.3 is 0 Å². The van der Waals surface area contributed by atoms with Crippen LogP contribution in [0.5, 0.6) is 0 Å². The van der Waals surface area contributed by atoms with Gasteiger partial charge in [0.05, 0.1) is 28.6 Å². The Balaban J connectivity index is 2.03. The van der Waals surface area contributed by atoms with E-state index in [1.54, 1.807) is 30.7 Å². The van der Waals surface area contributed by atoms with Crippen molar-refractivity contribution in [3.05, 3.63) is 47.0 Å². The zero-order valence-electron chi connectivity index (χ0n) is 8.73. The third-order valence-corrected chi connectivity index (χ3v) is 2.87.